The van der Waals surface area contributed by atoms with E-state index >= 15 is 0 Å². The number of hydrazone groups is 1. The SMILES string of the molecule is O=C(CSc1nnc(C2CCCCC2)o1)N1CCC(c2ccccc2)=N1. The average Bonchev–Trinajstić information content (AvgIpc) is 3.37. The second kappa shape index (κ2) is 8.03. The van der Waals surface area contributed by atoms with Gasteiger partial charge in [-0.25, -0.2) is 5.01 Å². The van der Waals surface area contributed by atoms with Gasteiger partial charge in [-0.1, -0.05) is 61.4 Å². The molecular formula is C19H22N4O2S. The quantitative estimate of drug-likeness (QED) is 0.748. The van der Waals surface area contributed by atoms with Crippen molar-refractivity contribution in [1.29, 1.82) is 0 Å². The van der Waals surface area contributed by atoms with Gasteiger partial charge in [0.2, 0.25) is 5.89 Å². The van der Waals surface area contributed by atoms with Crippen molar-refractivity contribution in [3.63, 3.8) is 0 Å². The zero-order valence-corrected chi connectivity index (χ0v) is 15.5. The molecule has 4 rings (SSSR count). The Balaban J connectivity index is 1.32. The Morgan fingerprint density at radius 2 is 1.96 bits per heavy atom. The summed E-state index contributed by atoms with van der Waals surface area (Å²) < 4.78 is 5.76. The predicted molar refractivity (Wildman–Crippen MR) is 100 cm³/mol. The van der Waals surface area contributed by atoms with E-state index in [1.165, 1.54) is 31.0 Å². The van der Waals surface area contributed by atoms with Crippen LogP contribution in [0.15, 0.2) is 45.1 Å². The highest BCUT2D eigenvalue weighted by Gasteiger charge is 2.24. The third-order valence-corrected chi connectivity index (χ3v) is 5.70. The van der Waals surface area contributed by atoms with E-state index in [1.54, 1.807) is 5.01 Å². The molecule has 1 aromatic heterocycles. The summed E-state index contributed by atoms with van der Waals surface area (Å²) in [5, 5.41) is 14.8. The lowest BCUT2D eigenvalue weighted by Crippen LogP contribution is -2.25. The Hall–Kier alpha value is -2.15. The van der Waals surface area contributed by atoms with Crippen LogP contribution in [0.5, 0.6) is 0 Å². The van der Waals surface area contributed by atoms with Crippen LogP contribution in [0.25, 0.3) is 0 Å². The molecule has 1 aromatic carbocycles. The molecule has 1 saturated carbocycles. The van der Waals surface area contributed by atoms with Gasteiger partial charge in [-0.2, -0.15) is 5.10 Å². The van der Waals surface area contributed by atoms with Gasteiger partial charge >= 0.3 is 0 Å². The van der Waals surface area contributed by atoms with Crippen LogP contribution in [0, 0.1) is 0 Å². The van der Waals surface area contributed by atoms with Gasteiger partial charge in [0.05, 0.1) is 18.0 Å². The zero-order valence-electron chi connectivity index (χ0n) is 14.6. The first-order valence-corrected chi connectivity index (χ1v) is 10.2. The Labute approximate surface area is 157 Å². The summed E-state index contributed by atoms with van der Waals surface area (Å²) in [7, 11) is 0. The molecule has 26 heavy (non-hydrogen) atoms. The van der Waals surface area contributed by atoms with Crippen LogP contribution in [0.2, 0.25) is 0 Å². The van der Waals surface area contributed by atoms with Crippen LogP contribution in [-0.2, 0) is 4.79 Å². The van der Waals surface area contributed by atoms with Crippen LogP contribution in [-0.4, -0.2) is 39.1 Å². The maximum atomic E-state index is 12.4. The number of hydrogen-bond donors (Lipinski definition) is 0. The van der Waals surface area contributed by atoms with E-state index in [0.717, 1.165) is 36.4 Å². The van der Waals surface area contributed by atoms with Crippen molar-refractivity contribution >= 4 is 23.4 Å². The summed E-state index contributed by atoms with van der Waals surface area (Å²) in [4.78, 5) is 12.4. The molecule has 2 aromatic rings. The number of amides is 1. The monoisotopic (exact) mass is 370 g/mol. The molecule has 6 nitrogen and oxygen atoms in total. The highest BCUT2D eigenvalue weighted by atomic mass is 32.2. The highest BCUT2D eigenvalue weighted by Crippen LogP contribution is 2.33. The maximum absolute atomic E-state index is 12.4. The smallest absolute Gasteiger partial charge is 0.277 e. The number of thioether (sulfide) groups is 1. The van der Waals surface area contributed by atoms with Crippen molar-refractivity contribution in [2.45, 2.75) is 49.7 Å². The van der Waals surface area contributed by atoms with Crippen LogP contribution < -0.4 is 0 Å². The molecule has 2 heterocycles. The van der Waals surface area contributed by atoms with Gasteiger partial charge in [0, 0.05) is 12.3 Å². The second-order valence-electron chi connectivity index (χ2n) is 6.71. The van der Waals surface area contributed by atoms with Gasteiger partial charge in [-0.05, 0) is 18.4 Å². The lowest BCUT2D eigenvalue weighted by atomic mass is 9.89. The Morgan fingerprint density at radius 3 is 2.77 bits per heavy atom. The Kier molecular flexibility index (Phi) is 5.34. The number of nitrogens with zero attached hydrogens (tertiary/aromatic N) is 4. The summed E-state index contributed by atoms with van der Waals surface area (Å²) in [6.07, 6.45) is 6.77. The first-order chi connectivity index (χ1) is 12.8. The largest absolute Gasteiger partial charge is 0.416 e. The minimum absolute atomic E-state index is 0.0293. The van der Waals surface area contributed by atoms with Crippen LogP contribution >= 0.6 is 11.8 Å². The number of hydrogen-bond acceptors (Lipinski definition) is 6. The molecule has 1 fully saturated rings. The molecule has 1 aliphatic carbocycles. The maximum Gasteiger partial charge on any atom is 0.277 e. The molecule has 0 atom stereocenters. The molecule has 0 bridgehead atoms. The summed E-state index contributed by atoms with van der Waals surface area (Å²) in [5.74, 6) is 1.35. The summed E-state index contributed by atoms with van der Waals surface area (Å²) in [5.41, 5.74) is 2.03. The van der Waals surface area contributed by atoms with Crippen molar-refractivity contribution in [3.05, 3.63) is 41.8 Å². The lowest BCUT2D eigenvalue weighted by molar-refractivity contribution is -0.127. The van der Waals surface area contributed by atoms with Gasteiger partial charge in [-0.3, -0.25) is 4.79 Å². The topological polar surface area (TPSA) is 71.6 Å². The van der Waals surface area contributed by atoms with Gasteiger partial charge < -0.3 is 4.42 Å². The van der Waals surface area contributed by atoms with E-state index in [2.05, 4.69) is 15.3 Å². The van der Waals surface area contributed by atoms with Gasteiger partial charge in [0.15, 0.2) is 0 Å². The average molecular weight is 370 g/mol. The standard InChI is InChI=1S/C19H22N4O2S/c24-17(23-12-11-16(22-23)14-7-3-1-4-8-14)13-26-19-21-20-18(25-19)15-9-5-2-6-10-15/h1,3-4,7-8,15H,2,5-6,9-13H2. The van der Waals surface area contributed by atoms with Gasteiger partial charge in [0.25, 0.3) is 11.1 Å². The molecule has 2 aliphatic rings. The molecule has 7 heteroatoms. The fraction of sp³-hybridized carbons (Fsp3) is 0.474. The third kappa shape index (κ3) is 3.98. The molecule has 1 amide bonds. The van der Waals surface area contributed by atoms with E-state index in [9.17, 15) is 4.79 Å². The van der Waals surface area contributed by atoms with Gasteiger partial charge in [0.1, 0.15) is 0 Å². The van der Waals surface area contributed by atoms with Crippen molar-refractivity contribution in [3.8, 4) is 0 Å². The fourth-order valence-corrected chi connectivity index (χ4v) is 4.10. The lowest BCUT2D eigenvalue weighted by Gasteiger charge is -2.17. The van der Waals surface area contributed by atoms with E-state index in [4.69, 9.17) is 4.42 Å². The number of benzene rings is 1. The minimum Gasteiger partial charge on any atom is -0.416 e. The van der Waals surface area contributed by atoms with Crippen molar-refractivity contribution in [2.75, 3.05) is 12.3 Å². The molecular weight excluding hydrogens is 348 g/mol. The Morgan fingerprint density at radius 1 is 1.15 bits per heavy atom. The van der Waals surface area contributed by atoms with Crippen LogP contribution in [0.3, 0.4) is 0 Å². The first kappa shape index (κ1) is 17.3. The zero-order chi connectivity index (χ0) is 17.8. The van der Waals surface area contributed by atoms with Crippen molar-refractivity contribution < 1.29 is 9.21 Å². The number of aromatic nitrogens is 2. The molecule has 0 radical (unpaired) electrons. The summed E-state index contributed by atoms with van der Waals surface area (Å²) >= 11 is 1.30. The molecule has 0 unspecified atom stereocenters. The molecule has 0 saturated heterocycles. The summed E-state index contributed by atoms with van der Waals surface area (Å²) in [6, 6.07) is 9.99. The predicted octanol–water partition coefficient (Wildman–Crippen LogP) is 3.85. The number of carbonyl (C=O) groups is 1. The fourth-order valence-electron chi connectivity index (χ4n) is 3.46. The third-order valence-electron chi connectivity index (χ3n) is 4.89. The van der Waals surface area contributed by atoms with Crippen LogP contribution in [0.1, 0.15) is 55.9 Å². The van der Waals surface area contributed by atoms with Crippen molar-refractivity contribution in [1.82, 2.24) is 15.2 Å². The molecule has 136 valence electrons. The molecule has 0 N–H and O–H groups in total. The van der Waals surface area contributed by atoms with E-state index in [-0.39, 0.29) is 11.7 Å². The van der Waals surface area contributed by atoms with Crippen molar-refractivity contribution in [2.24, 2.45) is 5.10 Å². The number of carbonyl (C=O) groups excluding carboxylic acids is 1. The Bertz CT molecular complexity index is 784. The van der Waals surface area contributed by atoms with Crippen LogP contribution in [0.4, 0.5) is 0 Å². The highest BCUT2D eigenvalue weighted by molar-refractivity contribution is 7.99. The normalized spacial score (nSPS) is 18.2. The first-order valence-electron chi connectivity index (χ1n) is 9.19. The van der Waals surface area contributed by atoms with E-state index in [0.29, 0.717) is 17.7 Å². The minimum atomic E-state index is -0.0293. The van der Waals surface area contributed by atoms with Gasteiger partial charge in [-0.15, -0.1) is 10.2 Å². The van der Waals surface area contributed by atoms with E-state index < -0.39 is 0 Å². The number of rotatable bonds is 5. The van der Waals surface area contributed by atoms with E-state index in [1.807, 2.05) is 30.3 Å². The second-order valence-corrected chi connectivity index (χ2v) is 7.64. The molecule has 0 spiro atoms. The summed E-state index contributed by atoms with van der Waals surface area (Å²) in [6.45, 7) is 0.626. The molecule has 1 aliphatic heterocycles.